The highest BCUT2D eigenvalue weighted by Gasteiger charge is 2.26. The van der Waals surface area contributed by atoms with Gasteiger partial charge in [0.15, 0.2) is 0 Å². The number of rotatable bonds is 3. The van der Waals surface area contributed by atoms with Crippen molar-refractivity contribution < 1.29 is 5.11 Å². The Morgan fingerprint density at radius 2 is 2.13 bits per heavy atom. The van der Waals surface area contributed by atoms with Crippen LogP contribution in [-0.4, -0.2) is 18.2 Å². The number of aliphatic hydroxyl groups is 1. The van der Waals surface area contributed by atoms with Gasteiger partial charge in [0.1, 0.15) is 0 Å². The summed E-state index contributed by atoms with van der Waals surface area (Å²) in [7, 11) is 2.09. The van der Waals surface area contributed by atoms with Crippen molar-refractivity contribution >= 4 is 17.3 Å². The number of nitrogens with zero attached hydrogens (tertiary/aromatic N) is 1. The molecular formula is C12H16ClNO. The molecule has 1 atom stereocenters. The van der Waals surface area contributed by atoms with E-state index in [2.05, 4.69) is 11.9 Å². The molecule has 0 bridgehead atoms. The molecule has 1 aromatic rings. The van der Waals surface area contributed by atoms with Gasteiger partial charge in [-0.2, -0.15) is 0 Å². The Labute approximate surface area is 95.5 Å². The lowest BCUT2D eigenvalue weighted by atomic mass is 10.1. The van der Waals surface area contributed by atoms with Crippen molar-refractivity contribution in [3.8, 4) is 0 Å². The fraction of sp³-hybridized carbons (Fsp3) is 0.500. The van der Waals surface area contributed by atoms with Gasteiger partial charge >= 0.3 is 0 Å². The monoisotopic (exact) mass is 225 g/mol. The average Bonchev–Trinajstić information content (AvgIpc) is 2.99. The molecule has 82 valence electrons. The highest BCUT2D eigenvalue weighted by Crippen LogP contribution is 2.33. The smallest absolute Gasteiger partial charge is 0.0776 e. The van der Waals surface area contributed by atoms with E-state index in [9.17, 15) is 5.11 Å². The van der Waals surface area contributed by atoms with Crippen LogP contribution in [0.1, 0.15) is 31.4 Å². The van der Waals surface area contributed by atoms with E-state index in [1.165, 1.54) is 12.8 Å². The highest BCUT2D eigenvalue weighted by atomic mass is 35.5. The maximum atomic E-state index is 9.46. The second-order valence-electron chi connectivity index (χ2n) is 4.22. The van der Waals surface area contributed by atoms with Gasteiger partial charge in [0, 0.05) is 23.8 Å². The normalized spacial score (nSPS) is 17.6. The number of anilines is 1. The predicted octanol–water partition coefficient (Wildman–Crippen LogP) is 2.99. The van der Waals surface area contributed by atoms with Crippen molar-refractivity contribution in [2.24, 2.45) is 0 Å². The predicted molar refractivity (Wildman–Crippen MR) is 63.5 cm³/mol. The third-order valence-electron chi connectivity index (χ3n) is 2.94. The number of aliphatic hydroxyl groups excluding tert-OH is 1. The first-order chi connectivity index (χ1) is 7.09. The summed E-state index contributed by atoms with van der Waals surface area (Å²) in [6.07, 6.45) is 2.04. The van der Waals surface area contributed by atoms with Crippen LogP contribution in [0.3, 0.4) is 0 Å². The fourth-order valence-corrected chi connectivity index (χ4v) is 2.08. The standard InChI is InChI=1S/C12H16ClNO/c1-8(15)11-6-5-10(7-12(11)13)14(2)9-3-4-9/h5-9,15H,3-4H2,1-2H3. The molecule has 0 spiro atoms. The minimum Gasteiger partial charge on any atom is -0.389 e. The lowest BCUT2D eigenvalue weighted by molar-refractivity contribution is 0.199. The van der Waals surface area contributed by atoms with E-state index in [4.69, 9.17) is 11.6 Å². The van der Waals surface area contributed by atoms with Gasteiger partial charge in [-0.1, -0.05) is 17.7 Å². The van der Waals surface area contributed by atoms with Gasteiger partial charge in [0.2, 0.25) is 0 Å². The minimum atomic E-state index is -0.502. The van der Waals surface area contributed by atoms with Gasteiger partial charge in [-0.15, -0.1) is 0 Å². The molecule has 3 heteroatoms. The fourth-order valence-electron chi connectivity index (χ4n) is 1.75. The number of hydrogen-bond donors (Lipinski definition) is 1. The molecule has 2 rings (SSSR count). The van der Waals surface area contributed by atoms with E-state index >= 15 is 0 Å². The van der Waals surface area contributed by atoms with Crippen molar-refractivity contribution in [1.29, 1.82) is 0 Å². The van der Waals surface area contributed by atoms with Gasteiger partial charge in [0.05, 0.1) is 6.10 Å². The zero-order valence-electron chi connectivity index (χ0n) is 9.07. The Morgan fingerprint density at radius 3 is 2.60 bits per heavy atom. The summed E-state index contributed by atoms with van der Waals surface area (Å²) in [5.41, 5.74) is 1.93. The molecule has 0 radical (unpaired) electrons. The van der Waals surface area contributed by atoms with E-state index in [0.29, 0.717) is 11.1 Å². The Kier molecular flexibility index (Phi) is 2.89. The van der Waals surface area contributed by atoms with Crippen molar-refractivity contribution in [3.63, 3.8) is 0 Å². The van der Waals surface area contributed by atoms with Gasteiger partial charge in [-0.25, -0.2) is 0 Å². The topological polar surface area (TPSA) is 23.5 Å². The molecule has 0 amide bonds. The Balaban J connectivity index is 2.24. The van der Waals surface area contributed by atoms with E-state index in [0.717, 1.165) is 11.3 Å². The number of hydrogen-bond acceptors (Lipinski definition) is 2. The molecule has 0 aromatic heterocycles. The lowest BCUT2D eigenvalue weighted by Crippen LogP contribution is -2.19. The molecule has 2 nitrogen and oxygen atoms in total. The van der Waals surface area contributed by atoms with E-state index in [-0.39, 0.29) is 0 Å². The molecule has 1 aliphatic carbocycles. The van der Waals surface area contributed by atoms with Crippen LogP contribution < -0.4 is 4.90 Å². The first kappa shape index (κ1) is 10.8. The largest absolute Gasteiger partial charge is 0.389 e. The SMILES string of the molecule is CC(O)c1ccc(N(C)C2CC2)cc1Cl. The summed E-state index contributed by atoms with van der Waals surface area (Å²) in [4.78, 5) is 2.25. The molecular weight excluding hydrogens is 210 g/mol. The Morgan fingerprint density at radius 1 is 1.47 bits per heavy atom. The third kappa shape index (κ3) is 2.27. The van der Waals surface area contributed by atoms with Gasteiger partial charge in [0.25, 0.3) is 0 Å². The molecule has 15 heavy (non-hydrogen) atoms. The van der Waals surface area contributed by atoms with Crippen LogP contribution in [0, 0.1) is 0 Å². The Hall–Kier alpha value is -0.730. The summed E-state index contributed by atoms with van der Waals surface area (Å²) in [6.45, 7) is 1.73. The maximum Gasteiger partial charge on any atom is 0.0776 e. The van der Waals surface area contributed by atoms with Gasteiger partial charge in [-0.3, -0.25) is 0 Å². The van der Waals surface area contributed by atoms with Crippen LogP contribution in [0.4, 0.5) is 5.69 Å². The van der Waals surface area contributed by atoms with E-state index in [1.807, 2.05) is 18.2 Å². The maximum absolute atomic E-state index is 9.46. The molecule has 1 N–H and O–H groups in total. The van der Waals surface area contributed by atoms with Crippen molar-refractivity contribution in [3.05, 3.63) is 28.8 Å². The molecule has 1 saturated carbocycles. The summed E-state index contributed by atoms with van der Waals surface area (Å²) in [5, 5.41) is 10.1. The summed E-state index contributed by atoms with van der Waals surface area (Å²) >= 11 is 6.11. The molecule has 0 heterocycles. The van der Waals surface area contributed by atoms with Crippen LogP contribution in [0.25, 0.3) is 0 Å². The van der Waals surface area contributed by atoms with Crippen LogP contribution in [0.15, 0.2) is 18.2 Å². The highest BCUT2D eigenvalue weighted by molar-refractivity contribution is 6.31. The van der Waals surface area contributed by atoms with Crippen LogP contribution in [0.2, 0.25) is 5.02 Å². The summed E-state index contributed by atoms with van der Waals surface area (Å²) in [5.74, 6) is 0. The number of benzene rings is 1. The first-order valence-electron chi connectivity index (χ1n) is 5.30. The van der Waals surface area contributed by atoms with Gasteiger partial charge < -0.3 is 10.0 Å². The zero-order chi connectivity index (χ0) is 11.0. The zero-order valence-corrected chi connectivity index (χ0v) is 9.83. The lowest BCUT2D eigenvalue weighted by Gasteiger charge is -2.20. The van der Waals surface area contributed by atoms with Crippen molar-refractivity contribution in [1.82, 2.24) is 0 Å². The van der Waals surface area contributed by atoms with E-state index in [1.54, 1.807) is 6.92 Å². The number of halogens is 1. The van der Waals surface area contributed by atoms with E-state index < -0.39 is 6.10 Å². The molecule has 1 fully saturated rings. The van der Waals surface area contributed by atoms with Crippen LogP contribution >= 0.6 is 11.6 Å². The summed E-state index contributed by atoms with van der Waals surface area (Å²) < 4.78 is 0. The molecule has 1 unspecified atom stereocenters. The van der Waals surface area contributed by atoms with Gasteiger partial charge in [-0.05, 0) is 37.5 Å². The summed E-state index contributed by atoms with van der Waals surface area (Å²) in [6, 6.07) is 6.54. The van der Waals surface area contributed by atoms with Crippen molar-refractivity contribution in [2.45, 2.75) is 31.9 Å². The molecule has 0 aliphatic heterocycles. The first-order valence-corrected chi connectivity index (χ1v) is 5.67. The molecule has 1 aromatic carbocycles. The van der Waals surface area contributed by atoms with Crippen LogP contribution in [0.5, 0.6) is 0 Å². The quantitative estimate of drug-likeness (QED) is 0.855. The second-order valence-corrected chi connectivity index (χ2v) is 4.63. The second kappa shape index (κ2) is 4.03. The van der Waals surface area contributed by atoms with Crippen LogP contribution in [-0.2, 0) is 0 Å². The average molecular weight is 226 g/mol. The van der Waals surface area contributed by atoms with Crippen molar-refractivity contribution in [2.75, 3.05) is 11.9 Å². The molecule has 1 aliphatic rings. The minimum absolute atomic E-state index is 0.502. The Bertz CT molecular complexity index is 361. The molecule has 0 saturated heterocycles. The third-order valence-corrected chi connectivity index (χ3v) is 3.26.